The number of anilines is 3. The quantitative estimate of drug-likeness (QED) is 0.765. The van der Waals surface area contributed by atoms with Crippen LogP contribution in [0.15, 0.2) is 48.9 Å². The summed E-state index contributed by atoms with van der Waals surface area (Å²) in [5.74, 6) is 0. The van der Waals surface area contributed by atoms with Gasteiger partial charge in [-0.1, -0.05) is 41.7 Å². The molecule has 0 aliphatic carbocycles. The molecule has 19 heavy (non-hydrogen) atoms. The van der Waals surface area contributed by atoms with E-state index in [9.17, 15) is 0 Å². The van der Waals surface area contributed by atoms with Crippen molar-refractivity contribution in [2.45, 2.75) is 6.54 Å². The predicted molar refractivity (Wildman–Crippen MR) is 77.6 cm³/mol. The van der Waals surface area contributed by atoms with Crippen LogP contribution < -0.4 is 11.1 Å². The molecule has 6 heteroatoms. The Kier molecular flexibility index (Phi) is 3.16. The molecule has 96 valence electrons. The second-order valence-corrected chi connectivity index (χ2v) is 5.17. The Bertz CT molecular complexity index is 658. The van der Waals surface area contributed by atoms with Crippen molar-refractivity contribution >= 4 is 27.2 Å². The van der Waals surface area contributed by atoms with Gasteiger partial charge in [0.05, 0.1) is 24.6 Å². The van der Waals surface area contributed by atoms with Gasteiger partial charge in [-0.05, 0) is 5.56 Å². The van der Waals surface area contributed by atoms with Gasteiger partial charge in [0.2, 0.25) is 0 Å². The fraction of sp³-hybridized carbons (Fsp3) is 0.0769. The molecule has 0 bridgehead atoms. The predicted octanol–water partition coefficient (Wildman–Crippen LogP) is 2.71. The van der Waals surface area contributed by atoms with Gasteiger partial charge in [-0.3, -0.25) is 4.68 Å². The fourth-order valence-corrected chi connectivity index (χ4v) is 2.36. The van der Waals surface area contributed by atoms with Crippen LogP contribution in [-0.2, 0) is 6.54 Å². The lowest BCUT2D eigenvalue weighted by molar-refractivity contribution is 0.687. The molecule has 5 nitrogen and oxygen atoms in total. The molecule has 0 amide bonds. The number of nitrogen functional groups attached to an aromatic ring is 1. The van der Waals surface area contributed by atoms with Gasteiger partial charge in [-0.2, -0.15) is 5.10 Å². The maximum Gasteiger partial charge on any atom is 0.189 e. The highest BCUT2D eigenvalue weighted by molar-refractivity contribution is 7.19. The molecule has 0 aliphatic rings. The molecule has 0 spiro atoms. The Morgan fingerprint density at radius 1 is 1.21 bits per heavy atom. The molecular formula is C13H13N5S. The molecule has 0 aliphatic heterocycles. The number of aromatic nitrogens is 3. The molecule has 2 heterocycles. The molecule has 3 aromatic rings. The van der Waals surface area contributed by atoms with E-state index in [1.807, 2.05) is 29.1 Å². The van der Waals surface area contributed by atoms with E-state index in [-0.39, 0.29) is 0 Å². The molecule has 1 aromatic carbocycles. The summed E-state index contributed by atoms with van der Waals surface area (Å²) in [5, 5.41) is 8.96. The minimum Gasteiger partial charge on any atom is -0.389 e. The summed E-state index contributed by atoms with van der Waals surface area (Å²) in [6, 6.07) is 10.2. The minimum absolute atomic E-state index is 0.694. The molecule has 0 unspecified atom stereocenters. The second kappa shape index (κ2) is 5.11. The molecule has 0 fully saturated rings. The van der Waals surface area contributed by atoms with Crippen molar-refractivity contribution in [3.63, 3.8) is 0 Å². The third kappa shape index (κ3) is 2.92. The van der Waals surface area contributed by atoms with Crippen LogP contribution in [0.4, 0.5) is 15.8 Å². The Hall–Kier alpha value is -2.34. The monoisotopic (exact) mass is 271 g/mol. The van der Waals surface area contributed by atoms with Crippen LogP contribution in [0.2, 0.25) is 0 Å². The third-order valence-electron chi connectivity index (χ3n) is 2.60. The van der Waals surface area contributed by atoms with Crippen LogP contribution in [0, 0.1) is 0 Å². The first-order valence-corrected chi connectivity index (χ1v) is 6.66. The fourth-order valence-electron chi connectivity index (χ4n) is 1.75. The van der Waals surface area contributed by atoms with Gasteiger partial charge in [0, 0.05) is 6.20 Å². The summed E-state index contributed by atoms with van der Waals surface area (Å²) >= 11 is 1.41. The smallest absolute Gasteiger partial charge is 0.189 e. The molecule has 0 saturated carbocycles. The average Bonchev–Trinajstić information content (AvgIpc) is 3.01. The Balaban J connectivity index is 1.69. The third-order valence-corrected chi connectivity index (χ3v) is 3.34. The molecule has 0 saturated heterocycles. The van der Waals surface area contributed by atoms with E-state index in [0.717, 1.165) is 17.4 Å². The number of hydrogen-bond acceptors (Lipinski definition) is 5. The Labute approximate surface area is 114 Å². The van der Waals surface area contributed by atoms with E-state index >= 15 is 0 Å². The summed E-state index contributed by atoms with van der Waals surface area (Å²) in [5.41, 5.74) is 7.76. The van der Waals surface area contributed by atoms with E-state index < -0.39 is 0 Å². The zero-order valence-electron chi connectivity index (χ0n) is 10.2. The summed E-state index contributed by atoms with van der Waals surface area (Å²) in [6.07, 6.45) is 5.37. The zero-order valence-corrected chi connectivity index (χ0v) is 11.0. The van der Waals surface area contributed by atoms with Crippen LogP contribution in [0.1, 0.15) is 5.56 Å². The second-order valence-electron chi connectivity index (χ2n) is 4.10. The molecule has 0 radical (unpaired) electrons. The first-order chi connectivity index (χ1) is 9.29. The van der Waals surface area contributed by atoms with E-state index in [2.05, 4.69) is 27.5 Å². The lowest BCUT2D eigenvalue weighted by atomic mass is 10.2. The number of nitrogens with zero attached hydrogens (tertiary/aromatic N) is 3. The summed E-state index contributed by atoms with van der Waals surface area (Å²) in [7, 11) is 0. The van der Waals surface area contributed by atoms with E-state index in [1.165, 1.54) is 16.9 Å². The highest BCUT2D eigenvalue weighted by Crippen LogP contribution is 2.23. The van der Waals surface area contributed by atoms with Crippen molar-refractivity contribution in [2.75, 3.05) is 11.1 Å². The maximum atomic E-state index is 5.63. The summed E-state index contributed by atoms with van der Waals surface area (Å²) < 4.78 is 1.88. The average molecular weight is 271 g/mol. The van der Waals surface area contributed by atoms with Gasteiger partial charge in [0.1, 0.15) is 5.00 Å². The lowest BCUT2D eigenvalue weighted by Crippen LogP contribution is -1.99. The van der Waals surface area contributed by atoms with Gasteiger partial charge < -0.3 is 11.1 Å². The Morgan fingerprint density at radius 2 is 2.05 bits per heavy atom. The van der Waals surface area contributed by atoms with Crippen molar-refractivity contribution in [1.82, 2.24) is 14.8 Å². The summed E-state index contributed by atoms with van der Waals surface area (Å²) in [4.78, 5) is 4.15. The van der Waals surface area contributed by atoms with E-state index in [0.29, 0.717) is 5.00 Å². The lowest BCUT2D eigenvalue weighted by Gasteiger charge is -2.01. The number of thiazole rings is 1. The van der Waals surface area contributed by atoms with Crippen molar-refractivity contribution in [2.24, 2.45) is 0 Å². The number of benzene rings is 1. The maximum absolute atomic E-state index is 5.63. The standard InChI is InChI=1S/C13H13N5S/c14-12-7-15-13(19-12)17-11-6-16-18(9-11)8-10-4-2-1-3-5-10/h1-7,9H,8,14H2,(H,15,17). The molecule has 3 rings (SSSR count). The number of nitrogens with one attached hydrogen (secondary N) is 1. The topological polar surface area (TPSA) is 68.8 Å². The minimum atomic E-state index is 0.694. The van der Waals surface area contributed by atoms with Gasteiger partial charge in [-0.25, -0.2) is 4.98 Å². The zero-order chi connectivity index (χ0) is 13.1. The first kappa shape index (κ1) is 11.7. The highest BCUT2D eigenvalue weighted by Gasteiger charge is 2.03. The Morgan fingerprint density at radius 3 is 2.79 bits per heavy atom. The van der Waals surface area contributed by atoms with Gasteiger partial charge >= 0.3 is 0 Å². The molecule has 0 atom stereocenters. The van der Waals surface area contributed by atoms with Crippen LogP contribution >= 0.6 is 11.3 Å². The van der Waals surface area contributed by atoms with Gasteiger partial charge in [0.25, 0.3) is 0 Å². The van der Waals surface area contributed by atoms with Crippen LogP contribution in [0.3, 0.4) is 0 Å². The normalized spacial score (nSPS) is 10.5. The number of nitrogens with two attached hydrogens (primary N) is 1. The largest absolute Gasteiger partial charge is 0.389 e. The highest BCUT2D eigenvalue weighted by atomic mass is 32.1. The number of hydrogen-bond donors (Lipinski definition) is 2. The van der Waals surface area contributed by atoms with Crippen molar-refractivity contribution in [3.05, 3.63) is 54.5 Å². The van der Waals surface area contributed by atoms with Crippen molar-refractivity contribution in [1.29, 1.82) is 0 Å². The van der Waals surface area contributed by atoms with Crippen molar-refractivity contribution < 1.29 is 0 Å². The molecule has 3 N–H and O–H groups in total. The van der Waals surface area contributed by atoms with Crippen LogP contribution in [0.5, 0.6) is 0 Å². The van der Waals surface area contributed by atoms with E-state index in [1.54, 1.807) is 12.4 Å². The SMILES string of the molecule is Nc1cnc(Nc2cnn(Cc3ccccc3)c2)s1. The number of rotatable bonds is 4. The van der Waals surface area contributed by atoms with Crippen molar-refractivity contribution in [3.8, 4) is 0 Å². The van der Waals surface area contributed by atoms with Crippen LogP contribution in [0.25, 0.3) is 0 Å². The van der Waals surface area contributed by atoms with E-state index in [4.69, 9.17) is 5.73 Å². The summed E-state index contributed by atoms with van der Waals surface area (Å²) in [6.45, 7) is 0.753. The van der Waals surface area contributed by atoms with Gasteiger partial charge in [-0.15, -0.1) is 0 Å². The molecule has 2 aromatic heterocycles. The van der Waals surface area contributed by atoms with Gasteiger partial charge in [0.15, 0.2) is 5.13 Å². The first-order valence-electron chi connectivity index (χ1n) is 5.84. The molecular weight excluding hydrogens is 258 g/mol. The van der Waals surface area contributed by atoms with Crippen LogP contribution in [-0.4, -0.2) is 14.8 Å².